The van der Waals surface area contributed by atoms with Gasteiger partial charge in [0, 0.05) is 12.1 Å². The van der Waals surface area contributed by atoms with Gasteiger partial charge in [-0.15, -0.1) is 0 Å². The molecular weight excluding hydrogens is 229 g/mol. The first-order valence-corrected chi connectivity index (χ1v) is 6.99. The lowest BCUT2D eigenvalue weighted by Gasteiger charge is -2.24. The molecule has 1 aliphatic carbocycles. The standard InChI is InChI=1S/C15H18FNO/c16-10-2-4-12-9(7-10)1-5-13(12)17-14-8-11-3-6-15(14)18-11/h2,4,7,11,13-15,17H,1,3,5-6,8H2. The second kappa shape index (κ2) is 4.04. The van der Waals surface area contributed by atoms with Crippen molar-refractivity contribution in [3.05, 3.63) is 35.1 Å². The molecule has 0 aromatic heterocycles. The summed E-state index contributed by atoms with van der Waals surface area (Å²) in [5.74, 6) is -0.113. The van der Waals surface area contributed by atoms with E-state index in [-0.39, 0.29) is 5.82 Å². The average molecular weight is 247 g/mol. The van der Waals surface area contributed by atoms with E-state index in [0.717, 1.165) is 19.3 Å². The second-order valence-corrected chi connectivity index (χ2v) is 5.82. The topological polar surface area (TPSA) is 21.3 Å². The van der Waals surface area contributed by atoms with Crippen LogP contribution in [0.4, 0.5) is 4.39 Å². The van der Waals surface area contributed by atoms with Crippen molar-refractivity contribution < 1.29 is 9.13 Å². The van der Waals surface area contributed by atoms with Gasteiger partial charge < -0.3 is 10.1 Å². The van der Waals surface area contributed by atoms with Crippen LogP contribution in [0.3, 0.4) is 0 Å². The van der Waals surface area contributed by atoms with Gasteiger partial charge in [0.15, 0.2) is 0 Å². The Morgan fingerprint density at radius 1 is 1.22 bits per heavy atom. The molecule has 18 heavy (non-hydrogen) atoms. The first-order valence-electron chi connectivity index (χ1n) is 6.99. The van der Waals surface area contributed by atoms with Gasteiger partial charge in [0.1, 0.15) is 5.82 Å². The Bertz CT molecular complexity index is 476. The predicted molar refractivity (Wildman–Crippen MR) is 66.9 cm³/mol. The van der Waals surface area contributed by atoms with Crippen LogP contribution in [0.1, 0.15) is 42.9 Å². The van der Waals surface area contributed by atoms with E-state index in [1.165, 1.54) is 24.0 Å². The fraction of sp³-hybridized carbons (Fsp3) is 0.600. The average Bonchev–Trinajstić information content (AvgIpc) is 3.04. The first kappa shape index (κ1) is 10.9. The van der Waals surface area contributed by atoms with Crippen LogP contribution < -0.4 is 5.32 Å². The van der Waals surface area contributed by atoms with Crippen LogP contribution in [0.5, 0.6) is 0 Å². The van der Waals surface area contributed by atoms with Crippen LogP contribution >= 0.6 is 0 Å². The molecule has 2 nitrogen and oxygen atoms in total. The maximum atomic E-state index is 13.2. The van der Waals surface area contributed by atoms with Gasteiger partial charge in [-0.2, -0.15) is 0 Å². The SMILES string of the molecule is Fc1ccc2c(c1)CCC2NC1CC2CCC1O2. The first-order chi connectivity index (χ1) is 8.79. The van der Waals surface area contributed by atoms with E-state index in [4.69, 9.17) is 4.74 Å². The van der Waals surface area contributed by atoms with Gasteiger partial charge in [0.2, 0.25) is 0 Å². The van der Waals surface area contributed by atoms with Crippen molar-refractivity contribution in [1.29, 1.82) is 0 Å². The summed E-state index contributed by atoms with van der Waals surface area (Å²) in [4.78, 5) is 0. The van der Waals surface area contributed by atoms with Crippen LogP contribution in [-0.4, -0.2) is 18.2 Å². The van der Waals surface area contributed by atoms with Gasteiger partial charge in [-0.25, -0.2) is 4.39 Å². The highest BCUT2D eigenvalue weighted by atomic mass is 19.1. The molecule has 4 atom stereocenters. The van der Waals surface area contributed by atoms with Crippen LogP contribution in [0.2, 0.25) is 0 Å². The highest BCUT2D eigenvalue weighted by Crippen LogP contribution is 2.38. The number of aryl methyl sites for hydroxylation is 1. The summed E-state index contributed by atoms with van der Waals surface area (Å²) in [5, 5.41) is 3.74. The molecule has 0 saturated carbocycles. The van der Waals surface area contributed by atoms with Crippen molar-refractivity contribution in [1.82, 2.24) is 5.32 Å². The summed E-state index contributed by atoms with van der Waals surface area (Å²) in [7, 11) is 0. The summed E-state index contributed by atoms with van der Waals surface area (Å²) in [6, 6.07) is 6.12. The van der Waals surface area contributed by atoms with Crippen LogP contribution in [-0.2, 0) is 11.2 Å². The van der Waals surface area contributed by atoms with E-state index < -0.39 is 0 Å². The zero-order chi connectivity index (χ0) is 12.1. The molecule has 1 aromatic rings. The lowest BCUT2D eigenvalue weighted by atomic mass is 9.94. The number of ether oxygens (including phenoxy) is 1. The molecule has 1 aromatic carbocycles. The Hall–Kier alpha value is -0.930. The fourth-order valence-corrected chi connectivity index (χ4v) is 3.83. The zero-order valence-electron chi connectivity index (χ0n) is 10.4. The molecule has 3 heteroatoms. The second-order valence-electron chi connectivity index (χ2n) is 5.82. The molecule has 3 aliphatic rings. The van der Waals surface area contributed by atoms with Crippen molar-refractivity contribution in [3.63, 3.8) is 0 Å². The van der Waals surface area contributed by atoms with Crippen LogP contribution in [0, 0.1) is 5.82 Å². The van der Waals surface area contributed by atoms with E-state index in [0.29, 0.717) is 24.3 Å². The van der Waals surface area contributed by atoms with Gasteiger partial charge in [0.05, 0.1) is 12.2 Å². The third kappa shape index (κ3) is 1.69. The Morgan fingerprint density at radius 2 is 2.17 bits per heavy atom. The summed E-state index contributed by atoms with van der Waals surface area (Å²) in [6.45, 7) is 0. The lowest BCUT2D eigenvalue weighted by molar-refractivity contribution is 0.0960. The maximum Gasteiger partial charge on any atom is 0.123 e. The van der Waals surface area contributed by atoms with Crippen LogP contribution in [0.15, 0.2) is 18.2 Å². The van der Waals surface area contributed by atoms with Gasteiger partial charge in [-0.3, -0.25) is 0 Å². The highest BCUT2D eigenvalue weighted by Gasteiger charge is 2.42. The van der Waals surface area contributed by atoms with Crippen LogP contribution in [0.25, 0.3) is 0 Å². The lowest BCUT2D eigenvalue weighted by Crippen LogP contribution is -2.39. The van der Waals surface area contributed by atoms with Crippen molar-refractivity contribution in [2.45, 2.75) is 56.4 Å². The molecule has 2 saturated heterocycles. The van der Waals surface area contributed by atoms with Gasteiger partial charge in [-0.05, 0) is 55.4 Å². The van der Waals surface area contributed by atoms with E-state index in [1.54, 1.807) is 12.1 Å². The predicted octanol–water partition coefficient (Wildman–Crippen LogP) is 2.72. The number of nitrogens with one attached hydrogen (secondary N) is 1. The highest BCUT2D eigenvalue weighted by molar-refractivity contribution is 5.35. The molecule has 0 amide bonds. The van der Waals surface area contributed by atoms with Crippen molar-refractivity contribution >= 4 is 0 Å². The number of halogens is 1. The molecular formula is C15H18FNO. The third-order valence-corrected chi connectivity index (χ3v) is 4.70. The normalized spacial score (nSPS) is 37.2. The van der Waals surface area contributed by atoms with Crippen molar-refractivity contribution in [2.24, 2.45) is 0 Å². The van der Waals surface area contributed by atoms with Crippen molar-refractivity contribution in [2.75, 3.05) is 0 Å². The number of rotatable bonds is 2. The molecule has 4 unspecified atom stereocenters. The summed E-state index contributed by atoms with van der Waals surface area (Å²) in [5.41, 5.74) is 2.47. The summed E-state index contributed by atoms with van der Waals surface area (Å²) < 4.78 is 19.1. The minimum Gasteiger partial charge on any atom is -0.373 e. The zero-order valence-corrected chi connectivity index (χ0v) is 10.4. The van der Waals surface area contributed by atoms with Crippen molar-refractivity contribution in [3.8, 4) is 0 Å². The minimum absolute atomic E-state index is 0.113. The number of hydrogen-bond donors (Lipinski definition) is 1. The van der Waals surface area contributed by atoms with E-state index in [2.05, 4.69) is 5.32 Å². The molecule has 2 aliphatic heterocycles. The molecule has 96 valence electrons. The molecule has 0 spiro atoms. The van der Waals surface area contributed by atoms with E-state index in [9.17, 15) is 4.39 Å². The maximum absolute atomic E-state index is 13.2. The third-order valence-electron chi connectivity index (χ3n) is 4.70. The largest absolute Gasteiger partial charge is 0.373 e. The van der Waals surface area contributed by atoms with Gasteiger partial charge in [-0.1, -0.05) is 6.07 Å². The Morgan fingerprint density at radius 3 is 2.94 bits per heavy atom. The molecule has 2 fully saturated rings. The summed E-state index contributed by atoms with van der Waals surface area (Å²) >= 11 is 0. The molecule has 0 radical (unpaired) electrons. The Labute approximate surface area is 107 Å². The fourth-order valence-electron chi connectivity index (χ4n) is 3.83. The number of benzene rings is 1. The number of fused-ring (bicyclic) bond motifs is 3. The molecule has 4 rings (SSSR count). The van der Waals surface area contributed by atoms with E-state index >= 15 is 0 Å². The number of hydrogen-bond acceptors (Lipinski definition) is 2. The summed E-state index contributed by atoms with van der Waals surface area (Å²) in [6.07, 6.45) is 6.57. The monoisotopic (exact) mass is 247 g/mol. The molecule has 2 bridgehead atoms. The minimum atomic E-state index is -0.113. The Kier molecular flexibility index (Phi) is 2.45. The van der Waals surface area contributed by atoms with E-state index in [1.807, 2.05) is 6.07 Å². The van der Waals surface area contributed by atoms with Gasteiger partial charge >= 0.3 is 0 Å². The van der Waals surface area contributed by atoms with Gasteiger partial charge in [0.25, 0.3) is 0 Å². The quantitative estimate of drug-likeness (QED) is 0.867. The Balaban J connectivity index is 1.51. The molecule has 1 N–H and O–H groups in total. The smallest absolute Gasteiger partial charge is 0.123 e. The molecule has 2 heterocycles.